The van der Waals surface area contributed by atoms with Crippen LogP contribution in [0.3, 0.4) is 0 Å². The minimum Gasteiger partial charge on any atom is -0.198 e. The summed E-state index contributed by atoms with van der Waals surface area (Å²) in [7, 11) is 0. The van der Waals surface area contributed by atoms with Gasteiger partial charge in [-0.3, -0.25) is 0 Å². The van der Waals surface area contributed by atoms with Crippen molar-refractivity contribution in [3.63, 3.8) is 0 Å². The molecule has 1 heteroatoms. The summed E-state index contributed by atoms with van der Waals surface area (Å²) in [5.41, 5.74) is 0. The molecule has 1 atom stereocenters. The number of rotatable bonds is 4. The SMILES string of the molecule is CC[CH]C(C#N)CCC. The normalized spacial score (nSPS) is 9.56. The third-order valence-corrected chi connectivity index (χ3v) is 1.29. The van der Waals surface area contributed by atoms with Gasteiger partial charge in [-0.05, 0) is 12.8 Å². The molecule has 0 aromatic heterocycles. The zero-order chi connectivity index (χ0) is 7.11. The highest BCUT2D eigenvalue weighted by Gasteiger charge is 2.02. The molecule has 0 aromatic carbocycles. The lowest BCUT2D eigenvalue weighted by atomic mass is 10.0. The van der Waals surface area contributed by atoms with E-state index in [0.717, 1.165) is 19.3 Å². The van der Waals surface area contributed by atoms with Crippen molar-refractivity contribution in [3.05, 3.63) is 6.42 Å². The van der Waals surface area contributed by atoms with E-state index in [0.29, 0.717) is 0 Å². The Balaban J connectivity index is 3.32. The molecule has 0 saturated carbocycles. The molecule has 0 aliphatic carbocycles. The van der Waals surface area contributed by atoms with Crippen LogP contribution in [0.5, 0.6) is 0 Å². The van der Waals surface area contributed by atoms with Crippen molar-refractivity contribution in [1.29, 1.82) is 5.26 Å². The summed E-state index contributed by atoms with van der Waals surface area (Å²) in [6.45, 7) is 4.17. The number of nitriles is 1. The van der Waals surface area contributed by atoms with Crippen LogP contribution >= 0.6 is 0 Å². The molecule has 0 aliphatic rings. The van der Waals surface area contributed by atoms with Gasteiger partial charge in [-0.1, -0.05) is 26.7 Å². The van der Waals surface area contributed by atoms with E-state index in [4.69, 9.17) is 5.26 Å². The summed E-state index contributed by atoms with van der Waals surface area (Å²) in [6, 6.07) is 2.25. The van der Waals surface area contributed by atoms with E-state index in [-0.39, 0.29) is 5.92 Å². The third kappa shape index (κ3) is 4.02. The molecule has 0 aromatic rings. The van der Waals surface area contributed by atoms with Gasteiger partial charge in [0.15, 0.2) is 0 Å². The summed E-state index contributed by atoms with van der Waals surface area (Å²) < 4.78 is 0. The van der Waals surface area contributed by atoms with Crippen LogP contribution in [0.25, 0.3) is 0 Å². The maximum absolute atomic E-state index is 8.51. The first-order valence-electron chi connectivity index (χ1n) is 3.58. The summed E-state index contributed by atoms with van der Waals surface area (Å²) in [5.74, 6) is 0.194. The van der Waals surface area contributed by atoms with Gasteiger partial charge in [0.05, 0.1) is 6.07 Å². The van der Waals surface area contributed by atoms with Crippen molar-refractivity contribution in [2.24, 2.45) is 5.92 Å². The molecule has 1 unspecified atom stereocenters. The van der Waals surface area contributed by atoms with Gasteiger partial charge in [-0.2, -0.15) is 5.26 Å². The molecular formula is C8H14N. The molecule has 0 spiro atoms. The Morgan fingerprint density at radius 3 is 2.56 bits per heavy atom. The Labute approximate surface area is 57.7 Å². The molecule has 9 heavy (non-hydrogen) atoms. The summed E-state index contributed by atoms with van der Waals surface area (Å²) in [6.07, 6.45) is 5.21. The Morgan fingerprint density at radius 1 is 1.56 bits per heavy atom. The Bertz CT molecular complexity index is 85.2. The van der Waals surface area contributed by atoms with E-state index in [9.17, 15) is 0 Å². The van der Waals surface area contributed by atoms with Crippen molar-refractivity contribution in [2.45, 2.75) is 33.1 Å². The van der Waals surface area contributed by atoms with E-state index in [2.05, 4.69) is 26.3 Å². The van der Waals surface area contributed by atoms with Gasteiger partial charge in [0, 0.05) is 5.92 Å². The van der Waals surface area contributed by atoms with E-state index >= 15 is 0 Å². The van der Waals surface area contributed by atoms with Crippen molar-refractivity contribution >= 4 is 0 Å². The molecule has 0 N–H and O–H groups in total. The number of hydrogen-bond donors (Lipinski definition) is 0. The van der Waals surface area contributed by atoms with Crippen molar-refractivity contribution in [2.75, 3.05) is 0 Å². The van der Waals surface area contributed by atoms with Crippen LogP contribution in [0.1, 0.15) is 33.1 Å². The lowest BCUT2D eigenvalue weighted by Crippen LogP contribution is -1.95. The Hall–Kier alpha value is -0.510. The van der Waals surface area contributed by atoms with Crippen LogP contribution < -0.4 is 0 Å². The maximum Gasteiger partial charge on any atom is 0.0658 e. The highest BCUT2D eigenvalue weighted by Crippen LogP contribution is 2.09. The average molecular weight is 124 g/mol. The lowest BCUT2D eigenvalue weighted by Gasteiger charge is -2.02. The Kier molecular flexibility index (Phi) is 5.30. The van der Waals surface area contributed by atoms with Crippen LogP contribution in [-0.4, -0.2) is 0 Å². The first kappa shape index (κ1) is 8.49. The zero-order valence-electron chi connectivity index (χ0n) is 6.22. The van der Waals surface area contributed by atoms with Crippen LogP contribution in [-0.2, 0) is 0 Å². The molecule has 0 aliphatic heterocycles. The fraction of sp³-hybridized carbons (Fsp3) is 0.750. The molecule has 0 amide bonds. The van der Waals surface area contributed by atoms with Crippen LogP contribution in [0.15, 0.2) is 0 Å². The van der Waals surface area contributed by atoms with Crippen LogP contribution in [0.2, 0.25) is 0 Å². The van der Waals surface area contributed by atoms with Crippen molar-refractivity contribution < 1.29 is 0 Å². The van der Waals surface area contributed by atoms with Gasteiger partial charge < -0.3 is 0 Å². The molecular weight excluding hydrogens is 110 g/mol. The zero-order valence-corrected chi connectivity index (χ0v) is 6.22. The molecule has 51 valence electrons. The second-order valence-electron chi connectivity index (χ2n) is 2.17. The lowest BCUT2D eigenvalue weighted by molar-refractivity contribution is 0.644. The highest BCUT2D eigenvalue weighted by molar-refractivity contribution is 4.91. The van der Waals surface area contributed by atoms with E-state index in [1.807, 2.05) is 0 Å². The second kappa shape index (κ2) is 5.62. The molecule has 0 bridgehead atoms. The van der Waals surface area contributed by atoms with E-state index in [1.165, 1.54) is 0 Å². The van der Waals surface area contributed by atoms with E-state index in [1.54, 1.807) is 0 Å². The molecule has 0 rings (SSSR count). The van der Waals surface area contributed by atoms with Gasteiger partial charge in [0.1, 0.15) is 0 Å². The summed E-state index contributed by atoms with van der Waals surface area (Å²) in [5, 5.41) is 8.51. The van der Waals surface area contributed by atoms with E-state index < -0.39 is 0 Å². The molecule has 0 fully saturated rings. The largest absolute Gasteiger partial charge is 0.198 e. The molecule has 1 nitrogen and oxygen atoms in total. The molecule has 0 saturated heterocycles. The fourth-order valence-corrected chi connectivity index (χ4v) is 0.831. The number of hydrogen-bond acceptors (Lipinski definition) is 1. The highest BCUT2D eigenvalue weighted by atomic mass is 14.3. The van der Waals surface area contributed by atoms with Crippen LogP contribution in [0.4, 0.5) is 0 Å². The third-order valence-electron chi connectivity index (χ3n) is 1.29. The molecule has 0 heterocycles. The average Bonchev–Trinajstić information content (AvgIpc) is 1.88. The summed E-state index contributed by atoms with van der Waals surface area (Å²) >= 11 is 0. The topological polar surface area (TPSA) is 23.8 Å². The van der Waals surface area contributed by atoms with Gasteiger partial charge in [0.25, 0.3) is 0 Å². The van der Waals surface area contributed by atoms with Crippen molar-refractivity contribution in [1.82, 2.24) is 0 Å². The van der Waals surface area contributed by atoms with Gasteiger partial charge in [0.2, 0.25) is 0 Å². The predicted octanol–water partition coefficient (Wildman–Crippen LogP) is 2.54. The number of nitrogens with zero attached hydrogens (tertiary/aromatic N) is 1. The monoisotopic (exact) mass is 124 g/mol. The predicted molar refractivity (Wildman–Crippen MR) is 38.6 cm³/mol. The van der Waals surface area contributed by atoms with Gasteiger partial charge in [-0.25, -0.2) is 0 Å². The first-order valence-corrected chi connectivity index (χ1v) is 3.58. The fourth-order valence-electron chi connectivity index (χ4n) is 0.831. The van der Waals surface area contributed by atoms with Crippen LogP contribution in [0, 0.1) is 23.7 Å². The first-order chi connectivity index (χ1) is 4.35. The summed E-state index contributed by atoms with van der Waals surface area (Å²) in [4.78, 5) is 0. The van der Waals surface area contributed by atoms with Crippen molar-refractivity contribution in [3.8, 4) is 6.07 Å². The second-order valence-corrected chi connectivity index (χ2v) is 2.17. The molecule has 1 radical (unpaired) electrons. The quantitative estimate of drug-likeness (QED) is 0.565. The van der Waals surface area contributed by atoms with Gasteiger partial charge >= 0.3 is 0 Å². The minimum absolute atomic E-state index is 0.194. The Morgan fingerprint density at radius 2 is 2.22 bits per heavy atom. The van der Waals surface area contributed by atoms with Gasteiger partial charge in [-0.15, -0.1) is 0 Å². The minimum atomic E-state index is 0.194. The smallest absolute Gasteiger partial charge is 0.0658 e. The standard InChI is InChI=1S/C8H14N/c1-3-5-8(7-9)6-4-2/h5,8H,3-4,6H2,1-2H3. The maximum atomic E-state index is 8.51.